The number of rotatable bonds is 5. The van der Waals surface area contributed by atoms with E-state index in [0.717, 1.165) is 26.3 Å². The monoisotopic (exact) mass is 419 g/mol. The minimum absolute atomic E-state index is 0.144. The van der Waals surface area contributed by atoms with Crippen molar-refractivity contribution in [3.63, 3.8) is 0 Å². The molecule has 1 aliphatic rings. The minimum Gasteiger partial charge on any atom is -0.496 e. The van der Waals surface area contributed by atoms with Gasteiger partial charge in [-0.1, -0.05) is 35.7 Å². The van der Waals surface area contributed by atoms with Gasteiger partial charge in [-0.25, -0.2) is 9.89 Å². The molecule has 1 fully saturated rings. The topological polar surface area (TPSA) is 102 Å². The third-order valence-corrected chi connectivity index (χ3v) is 7.32. The zero-order valence-corrected chi connectivity index (χ0v) is 17.3. The Hall–Kier alpha value is -2.33. The summed E-state index contributed by atoms with van der Waals surface area (Å²) >= 11 is 3.27. The first-order valence-corrected chi connectivity index (χ1v) is 10.8. The predicted octanol–water partition coefficient (Wildman–Crippen LogP) is 4.77. The minimum atomic E-state index is -0.626. The third kappa shape index (κ3) is 4.07. The molecule has 10 heteroatoms. The quantitative estimate of drug-likeness (QED) is 0.614. The van der Waals surface area contributed by atoms with Crippen LogP contribution in [0, 0.1) is 6.92 Å². The van der Waals surface area contributed by atoms with E-state index in [1.165, 1.54) is 43.4 Å². The number of aryl methyl sites for hydroxylation is 1. The fourth-order valence-electron chi connectivity index (χ4n) is 3.35. The first-order valence-electron chi connectivity index (χ1n) is 9.14. The number of nitrogens with one attached hydrogen (secondary N) is 2. The summed E-state index contributed by atoms with van der Waals surface area (Å²) in [5.74, 6) is 0.977. The fourth-order valence-corrected chi connectivity index (χ4v) is 6.04. The number of ether oxygens (including phenoxy) is 2. The van der Waals surface area contributed by atoms with E-state index in [0.29, 0.717) is 10.3 Å². The van der Waals surface area contributed by atoms with Crippen LogP contribution in [-0.2, 0) is 0 Å². The summed E-state index contributed by atoms with van der Waals surface area (Å²) in [5, 5.41) is 17.7. The number of H-pyrrole nitrogens is 1. The summed E-state index contributed by atoms with van der Waals surface area (Å²) in [6.45, 7) is 2.01. The van der Waals surface area contributed by atoms with Crippen molar-refractivity contribution in [3.05, 3.63) is 17.7 Å². The number of hydrogen-bond acceptors (Lipinski definition) is 8. The van der Waals surface area contributed by atoms with Crippen LogP contribution in [0.3, 0.4) is 0 Å². The van der Waals surface area contributed by atoms with Crippen molar-refractivity contribution in [2.75, 3.05) is 12.4 Å². The molecule has 0 bridgehead atoms. The van der Waals surface area contributed by atoms with Crippen LogP contribution in [0.15, 0.2) is 17.0 Å². The van der Waals surface area contributed by atoms with Crippen molar-refractivity contribution in [1.29, 1.82) is 0 Å². The number of carbonyl (C=O) groups is 1. The number of hydrogen-bond donors (Lipinski definition) is 2. The zero-order chi connectivity index (χ0) is 19.5. The number of aromatic amines is 1. The largest absolute Gasteiger partial charge is 0.496 e. The Bertz CT molecular complexity index is 967. The SMILES string of the molecule is COc1cc2c(SC3CCCCC3)c(OC(=O)Nc3nnn[nH]3)sc2cc1C. The molecule has 8 nitrogen and oxygen atoms in total. The van der Waals surface area contributed by atoms with E-state index in [-0.39, 0.29) is 5.95 Å². The molecule has 2 N–H and O–H groups in total. The molecule has 148 valence electrons. The highest BCUT2D eigenvalue weighted by Gasteiger charge is 2.23. The van der Waals surface area contributed by atoms with Gasteiger partial charge in [0.1, 0.15) is 5.75 Å². The Morgan fingerprint density at radius 3 is 2.86 bits per heavy atom. The van der Waals surface area contributed by atoms with Gasteiger partial charge in [0.2, 0.25) is 11.0 Å². The highest BCUT2D eigenvalue weighted by molar-refractivity contribution is 8.00. The Morgan fingerprint density at radius 1 is 1.32 bits per heavy atom. The number of benzene rings is 1. The van der Waals surface area contributed by atoms with E-state index < -0.39 is 6.09 Å². The molecule has 0 spiro atoms. The summed E-state index contributed by atoms with van der Waals surface area (Å²) in [6.07, 6.45) is 5.53. The van der Waals surface area contributed by atoms with Crippen molar-refractivity contribution >= 4 is 45.2 Å². The van der Waals surface area contributed by atoms with Gasteiger partial charge in [-0.3, -0.25) is 5.32 Å². The standard InChI is InChI=1S/C18H21N5O3S2/c1-10-8-14-12(9-13(10)25-2)15(27-11-6-4-3-5-7-11)16(28-14)26-18(24)19-17-20-22-23-21-17/h8-9,11H,3-7H2,1-2H3,(H2,19,20,21,22,23,24). The Balaban J connectivity index is 1.66. The lowest BCUT2D eigenvalue weighted by molar-refractivity contribution is 0.215. The molecular formula is C18H21N5O3S2. The van der Waals surface area contributed by atoms with Crippen LogP contribution in [0.4, 0.5) is 10.7 Å². The van der Waals surface area contributed by atoms with Crippen LogP contribution in [0.25, 0.3) is 10.1 Å². The first-order chi connectivity index (χ1) is 13.6. The van der Waals surface area contributed by atoms with Crippen molar-refractivity contribution < 1.29 is 14.3 Å². The van der Waals surface area contributed by atoms with E-state index in [1.807, 2.05) is 13.0 Å². The Labute approximate surface area is 170 Å². The molecule has 0 unspecified atom stereocenters. The molecule has 3 aromatic rings. The Kier molecular flexibility index (Phi) is 5.67. The van der Waals surface area contributed by atoms with Gasteiger partial charge in [-0.2, -0.15) is 0 Å². The van der Waals surface area contributed by atoms with Gasteiger partial charge in [-0.15, -0.1) is 11.8 Å². The smallest absolute Gasteiger partial charge is 0.420 e. The number of thioether (sulfide) groups is 1. The van der Waals surface area contributed by atoms with Gasteiger partial charge in [0.15, 0.2) is 0 Å². The number of anilines is 1. The number of fused-ring (bicyclic) bond motifs is 1. The third-order valence-electron chi connectivity index (χ3n) is 4.72. The highest BCUT2D eigenvalue weighted by atomic mass is 32.2. The maximum Gasteiger partial charge on any atom is 0.420 e. The molecule has 4 rings (SSSR count). The lowest BCUT2D eigenvalue weighted by Crippen LogP contribution is -2.17. The average Bonchev–Trinajstić information content (AvgIpc) is 3.30. The molecule has 1 amide bonds. The number of nitrogens with zero attached hydrogens (tertiary/aromatic N) is 3. The van der Waals surface area contributed by atoms with E-state index in [9.17, 15) is 4.79 Å². The van der Waals surface area contributed by atoms with Crippen molar-refractivity contribution in [3.8, 4) is 10.8 Å². The van der Waals surface area contributed by atoms with E-state index in [1.54, 1.807) is 18.9 Å². The van der Waals surface area contributed by atoms with Gasteiger partial charge >= 0.3 is 6.09 Å². The van der Waals surface area contributed by atoms with Gasteiger partial charge in [-0.05, 0) is 47.9 Å². The first kappa shape index (κ1) is 19.0. The van der Waals surface area contributed by atoms with Gasteiger partial charge in [0.05, 0.1) is 12.0 Å². The second-order valence-electron chi connectivity index (χ2n) is 6.68. The molecule has 1 saturated carbocycles. The number of thiophene rings is 1. The van der Waals surface area contributed by atoms with Crippen molar-refractivity contribution in [2.45, 2.75) is 49.2 Å². The van der Waals surface area contributed by atoms with Gasteiger partial charge < -0.3 is 9.47 Å². The van der Waals surface area contributed by atoms with E-state index >= 15 is 0 Å². The molecule has 2 heterocycles. The van der Waals surface area contributed by atoms with E-state index in [2.05, 4.69) is 32.0 Å². The second kappa shape index (κ2) is 8.36. The fraction of sp³-hybridized carbons (Fsp3) is 0.444. The van der Waals surface area contributed by atoms with Crippen LogP contribution >= 0.6 is 23.1 Å². The summed E-state index contributed by atoms with van der Waals surface area (Å²) in [5.41, 5.74) is 1.05. The number of amides is 1. The second-order valence-corrected chi connectivity index (χ2v) is 9.00. The van der Waals surface area contributed by atoms with Crippen LogP contribution in [0.1, 0.15) is 37.7 Å². The number of carbonyl (C=O) groups excluding carboxylic acids is 1. The molecule has 28 heavy (non-hydrogen) atoms. The number of tetrazole rings is 1. The molecular weight excluding hydrogens is 398 g/mol. The lowest BCUT2D eigenvalue weighted by atomic mass is 10.0. The summed E-state index contributed by atoms with van der Waals surface area (Å²) in [4.78, 5) is 13.3. The summed E-state index contributed by atoms with van der Waals surface area (Å²) in [7, 11) is 1.67. The molecule has 0 aliphatic heterocycles. The molecule has 1 aromatic carbocycles. The molecule has 1 aliphatic carbocycles. The number of aromatic nitrogens is 4. The van der Waals surface area contributed by atoms with E-state index in [4.69, 9.17) is 9.47 Å². The van der Waals surface area contributed by atoms with Crippen molar-refractivity contribution in [1.82, 2.24) is 20.6 Å². The van der Waals surface area contributed by atoms with Gasteiger partial charge in [0.25, 0.3) is 0 Å². The molecule has 2 aromatic heterocycles. The normalized spacial score (nSPS) is 14.9. The van der Waals surface area contributed by atoms with Crippen LogP contribution in [0.2, 0.25) is 0 Å². The summed E-state index contributed by atoms with van der Waals surface area (Å²) in [6, 6.07) is 4.12. The van der Waals surface area contributed by atoms with Gasteiger partial charge in [0, 0.05) is 15.3 Å². The van der Waals surface area contributed by atoms with Crippen LogP contribution < -0.4 is 14.8 Å². The predicted molar refractivity (Wildman–Crippen MR) is 110 cm³/mol. The van der Waals surface area contributed by atoms with Crippen molar-refractivity contribution in [2.24, 2.45) is 0 Å². The maximum absolute atomic E-state index is 12.3. The van der Waals surface area contributed by atoms with Crippen LogP contribution in [-0.4, -0.2) is 39.1 Å². The number of methoxy groups -OCH3 is 1. The lowest BCUT2D eigenvalue weighted by Gasteiger charge is -2.21. The molecule has 0 radical (unpaired) electrons. The maximum atomic E-state index is 12.3. The zero-order valence-electron chi connectivity index (χ0n) is 15.7. The van der Waals surface area contributed by atoms with Crippen LogP contribution in [0.5, 0.6) is 10.8 Å². The summed E-state index contributed by atoms with van der Waals surface area (Å²) < 4.78 is 12.2. The molecule has 0 atom stereocenters. The molecule has 0 saturated heterocycles. The Morgan fingerprint density at radius 2 is 2.14 bits per heavy atom. The highest BCUT2D eigenvalue weighted by Crippen LogP contribution is 2.49. The average molecular weight is 420 g/mol.